The van der Waals surface area contributed by atoms with Crippen molar-refractivity contribution in [3.8, 4) is 34.1 Å². The average Bonchev–Trinajstić information content (AvgIpc) is 2.73. The summed E-state index contributed by atoms with van der Waals surface area (Å²) in [6.07, 6.45) is 0. The standard InChI is InChI=1S/C26H18O3/c27-21-7-3-6-20(14-21)26-24-16-23(12-9-18(24)10-13-25(26)28)29-22-11-8-17-4-1-2-5-19(17)15-22/h1-16,27-28H. The summed E-state index contributed by atoms with van der Waals surface area (Å²) in [4.78, 5) is 0. The molecule has 0 aliphatic carbocycles. The second-order valence-corrected chi connectivity index (χ2v) is 7.00. The van der Waals surface area contributed by atoms with E-state index < -0.39 is 0 Å². The number of fused-ring (bicyclic) bond motifs is 2. The smallest absolute Gasteiger partial charge is 0.128 e. The van der Waals surface area contributed by atoms with E-state index in [2.05, 4.69) is 12.1 Å². The zero-order valence-electron chi connectivity index (χ0n) is 15.5. The molecule has 3 heteroatoms. The van der Waals surface area contributed by atoms with Crippen LogP contribution in [0, 0.1) is 0 Å². The first-order chi connectivity index (χ1) is 14.2. The Kier molecular flexibility index (Phi) is 4.07. The van der Waals surface area contributed by atoms with Gasteiger partial charge in [0.05, 0.1) is 0 Å². The molecular formula is C26H18O3. The van der Waals surface area contributed by atoms with Crippen molar-refractivity contribution < 1.29 is 14.9 Å². The van der Waals surface area contributed by atoms with E-state index in [0.717, 1.165) is 32.9 Å². The average molecular weight is 378 g/mol. The van der Waals surface area contributed by atoms with Gasteiger partial charge in [-0.15, -0.1) is 0 Å². The van der Waals surface area contributed by atoms with Crippen LogP contribution in [0.2, 0.25) is 0 Å². The topological polar surface area (TPSA) is 49.7 Å². The quantitative estimate of drug-likeness (QED) is 0.360. The normalized spacial score (nSPS) is 11.0. The second-order valence-electron chi connectivity index (χ2n) is 7.00. The Balaban J connectivity index is 1.61. The molecule has 0 unspecified atom stereocenters. The van der Waals surface area contributed by atoms with Gasteiger partial charge < -0.3 is 14.9 Å². The largest absolute Gasteiger partial charge is 0.508 e. The molecule has 0 heterocycles. The van der Waals surface area contributed by atoms with Gasteiger partial charge in [-0.2, -0.15) is 0 Å². The Morgan fingerprint density at radius 1 is 0.552 bits per heavy atom. The van der Waals surface area contributed by atoms with Crippen LogP contribution >= 0.6 is 0 Å². The van der Waals surface area contributed by atoms with E-state index in [4.69, 9.17) is 4.74 Å². The molecule has 0 fully saturated rings. The third-order valence-corrected chi connectivity index (χ3v) is 5.06. The fourth-order valence-electron chi connectivity index (χ4n) is 3.68. The number of phenolic OH excluding ortho intramolecular Hbond substituents is 2. The van der Waals surface area contributed by atoms with Crippen molar-refractivity contribution in [2.75, 3.05) is 0 Å². The van der Waals surface area contributed by atoms with E-state index in [1.54, 1.807) is 24.3 Å². The van der Waals surface area contributed by atoms with Gasteiger partial charge in [-0.25, -0.2) is 0 Å². The van der Waals surface area contributed by atoms with Crippen LogP contribution in [-0.2, 0) is 0 Å². The molecule has 0 atom stereocenters. The summed E-state index contributed by atoms with van der Waals surface area (Å²) in [5.74, 6) is 1.75. The van der Waals surface area contributed by atoms with Crippen molar-refractivity contribution in [1.82, 2.24) is 0 Å². The Labute approximate surface area is 168 Å². The molecule has 0 bridgehead atoms. The first kappa shape index (κ1) is 17.1. The number of rotatable bonds is 3. The highest BCUT2D eigenvalue weighted by atomic mass is 16.5. The lowest BCUT2D eigenvalue weighted by Gasteiger charge is -2.12. The molecule has 5 rings (SSSR count). The molecular weight excluding hydrogens is 360 g/mol. The molecule has 29 heavy (non-hydrogen) atoms. The molecule has 0 aromatic heterocycles. The van der Waals surface area contributed by atoms with Crippen molar-refractivity contribution >= 4 is 21.5 Å². The fraction of sp³-hybridized carbons (Fsp3) is 0. The van der Waals surface area contributed by atoms with Crippen LogP contribution in [0.25, 0.3) is 32.7 Å². The van der Waals surface area contributed by atoms with Gasteiger partial charge in [0.2, 0.25) is 0 Å². The van der Waals surface area contributed by atoms with Crippen LogP contribution in [0.5, 0.6) is 23.0 Å². The Bertz CT molecular complexity index is 1360. The molecule has 0 aliphatic heterocycles. The first-order valence-corrected chi connectivity index (χ1v) is 9.39. The predicted molar refractivity (Wildman–Crippen MR) is 117 cm³/mol. The van der Waals surface area contributed by atoms with E-state index in [1.807, 2.05) is 60.7 Å². The lowest BCUT2D eigenvalue weighted by Crippen LogP contribution is -1.87. The summed E-state index contributed by atoms with van der Waals surface area (Å²) >= 11 is 0. The van der Waals surface area contributed by atoms with Gasteiger partial charge in [0, 0.05) is 5.56 Å². The lowest BCUT2D eigenvalue weighted by molar-refractivity contribution is 0.474. The van der Waals surface area contributed by atoms with E-state index in [0.29, 0.717) is 11.3 Å². The minimum atomic E-state index is 0.155. The third-order valence-electron chi connectivity index (χ3n) is 5.06. The number of benzene rings is 5. The third kappa shape index (κ3) is 3.23. The SMILES string of the molecule is Oc1cccc(-c2c(O)ccc3ccc(Oc4ccc5ccccc5c4)cc23)c1. The molecule has 0 saturated heterocycles. The molecule has 0 aliphatic rings. The van der Waals surface area contributed by atoms with Crippen molar-refractivity contribution in [3.63, 3.8) is 0 Å². The highest BCUT2D eigenvalue weighted by Gasteiger charge is 2.12. The molecule has 0 radical (unpaired) electrons. The number of aromatic hydroxyl groups is 2. The van der Waals surface area contributed by atoms with Crippen molar-refractivity contribution in [1.29, 1.82) is 0 Å². The van der Waals surface area contributed by atoms with Gasteiger partial charge in [-0.05, 0) is 69.6 Å². The van der Waals surface area contributed by atoms with Crippen LogP contribution < -0.4 is 4.74 Å². The summed E-state index contributed by atoms with van der Waals surface area (Å²) in [6, 6.07) is 30.4. The summed E-state index contributed by atoms with van der Waals surface area (Å²) in [5, 5.41) is 24.5. The molecule has 0 spiro atoms. The highest BCUT2D eigenvalue weighted by Crippen LogP contribution is 2.39. The maximum atomic E-state index is 10.5. The van der Waals surface area contributed by atoms with Gasteiger partial charge in [-0.3, -0.25) is 0 Å². The first-order valence-electron chi connectivity index (χ1n) is 9.39. The summed E-state index contributed by atoms with van der Waals surface area (Å²) in [5.41, 5.74) is 1.42. The second kappa shape index (κ2) is 6.88. The zero-order valence-corrected chi connectivity index (χ0v) is 15.5. The van der Waals surface area contributed by atoms with Gasteiger partial charge in [0.15, 0.2) is 0 Å². The van der Waals surface area contributed by atoms with Crippen LogP contribution in [0.15, 0.2) is 97.1 Å². The molecule has 0 amide bonds. The molecule has 0 saturated carbocycles. The predicted octanol–water partition coefficient (Wildman–Crippen LogP) is 6.86. The van der Waals surface area contributed by atoms with Crippen molar-refractivity contribution in [3.05, 3.63) is 97.1 Å². The molecule has 2 N–H and O–H groups in total. The van der Waals surface area contributed by atoms with E-state index in [-0.39, 0.29) is 11.5 Å². The van der Waals surface area contributed by atoms with E-state index >= 15 is 0 Å². The Hall–Kier alpha value is -3.98. The number of ether oxygens (including phenoxy) is 1. The van der Waals surface area contributed by atoms with Crippen LogP contribution in [0.1, 0.15) is 0 Å². The van der Waals surface area contributed by atoms with Crippen LogP contribution in [-0.4, -0.2) is 10.2 Å². The molecule has 3 nitrogen and oxygen atoms in total. The highest BCUT2D eigenvalue weighted by molar-refractivity contribution is 6.00. The van der Waals surface area contributed by atoms with Crippen molar-refractivity contribution in [2.24, 2.45) is 0 Å². The van der Waals surface area contributed by atoms with Gasteiger partial charge in [-0.1, -0.05) is 54.6 Å². The molecule has 5 aromatic rings. The van der Waals surface area contributed by atoms with Gasteiger partial charge in [0.1, 0.15) is 23.0 Å². The van der Waals surface area contributed by atoms with Gasteiger partial charge in [0.25, 0.3) is 0 Å². The number of phenols is 2. The maximum Gasteiger partial charge on any atom is 0.128 e. The maximum absolute atomic E-state index is 10.5. The lowest BCUT2D eigenvalue weighted by atomic mass is 9.97. The number of hydrogen-bond donors (Lipinski definition) is 2. The van der Waals surface area contributed by atoms with Crippen molar-refractivity contribution in [2.45, 2.75) is 0 Å². The van der Waals surface area contributed by atoms with Gasteiger partial charge >= 0.3 is 0 Å². The Morgan fingerprint density at radius 2 is 1.28 bits per heavy atom. The summed E-state index contributed by atoms with van der Waals surface area (Å²) in [7, 11) is 0. The van der Waals surface area contributed by atoms with E-state index in [1.165, 1.54) is 0 Å². The summed E-state index contributed by atoms with van der Waals surface area (Å²) in [6.45, 7) is 0. The Morgan fingerprint density at radius 3 is 2.10 bits per heavy atom. The number of hydrogen-bond acceptors (Lipinski definition) is 3. The van der Waals surface area contributed by atoms with E-state index in [9.17, 15) is 10.2 Å². The minimum Gasteiger partial charge on any atom is -0.508 e. The summed E-state index contributed by atoms with van der Waals surface area (Å²) < 4.78 is 6.12. The fourth-order valence-corrected chi connectivity index (χ4v) is 3.68. The minimum absolute atomic E-state index is 0.155. The molecule has 5 aromatic carbocycles. The van der Waals surface area contributed by atoms with Crippen LogP contribution in [0.3, 0.4) is 0 Å². The zero-order chi connectivity index (χ0) is 19.8. The van der Waals surface area contributed by atoms with Crippen LogP contribution in [0.4, 0.5) is 0 Å². The molecule has 140 valence electrons. The monoisotopic (exact) mass is 378 g/mol.